The number of hydrogen-bond acceptors (Lipinski definition) is 4. The lowest BCUT2D eigenvalue weighted by Crippen LogP contribution is -2.42. The fourth-order valence-corrected chi connectivity index (χ4v) is 4.57. The van der Waals surface area contributed by atoms with Crippen molar-refractivity contribution in [2.75, 3.05) is 20.2 Å². The first-order chi connectivity index (χ1) is 9.86. The highest BCUT2D eigenvalue weighted by molar-refractivity contribution is 9.10. The number of piperidine rings is 1. The Labute approximate surface area is 131 Å². The van der Waals surface area contributed by atoms with E-state index < -0.39 is 21.9 Å². The van der Waals surface area contributed by atoms with Gasteiger partial charge in [0.05, 0.1) is 13.0 Å². The number of benzene rings is 1. The zero-order chi connectivity index (χ0) is 15.6. The van der Waals surface area contributed by atoms with Crippen molar-refractivity contribution in [3.8, 4) is 5.75 Å². The molecule has 1 fully saturated rings. The molecule has 2 rings (SSSR count). The van der Waals surface area contributed by atoms with Gasteiger partial charge in [-0.2, -0.15) is 4.31 Å². The zero-order valence-corrected chi connectivity index (χ0v) is 13.9. The number of ether oxygens (including phenoxy) is 1. The maximum atomic E-state index is 12.7. The van der Waals surface area contributed by atoms with E-state index in [9.17, 15) is 13.2 Å². The van der Waals surface area contributed by atoms with E-state index in [-0.39, 0.29) is 17.2 Å². The number of aliphatic carboxylic acids is 1. The van der Waals surface area contributed by atoms with Gasteiger partial charge in [-0.05, 0) is 31.0 Å². The fraction of sp³-hybridized carbons (Fsp3) is 0.462. The van der Waals surface area contributed by atoms with Crippen LogP contribution in [0.5, 0.6) is 5.75 Å². The standard InChI is InChI=1S/C13H16BrNO5S/c1-20-11-5-4-10(14)7-12(11)21(18,19)15-6-2-3-9(8-15)13(16)17/h4-5,7,9H,2-3,6,8H2,1H3,(H,16,17)/t9-/m1/s1. The molecule has 0 amide bonds. The molecule has 116 valence electrons. The van der Waals surface area contributed by atoms with Crippen LogP contribution in [0.15, 0.2) is 27.6 Å². The quantitative estimate of drug-likeness (QED) is 0.866. The second-order valence-electron chi connectivity index (χ2n) is 4.84. The Hall–Kier alpha value is -1.12. The van der Waals surface area contributed by atoms with E-state index in [2.05, 4.69) is 15.9 Å². The lowest BCUT2D eigenvalue weighted by atomic mass is 10.0. The third-order valence-corrected chi connectivity index (χ3v) is 5.86. The second-order valence-corrected chi connectivity index (χ2v) is 7.66. The molecular formula is C13H16BrNO5S. The number of carbonyl (C=O) groups is 1. The van der Waals surface area contributed by atoms with Crippen LogP contribution in [0.3, 0.4) is 0 Å². The van der Waals surface area contributed by atoms with Crippen LogP contribution < -0.4 is 4.74 Å². The summed E-state index contributed by atoms with van der Waals surface area (Å²) in [6, 6.07) is 4.72. The molecule has 1 aliphatic heterocycles. The summed E-state index contributed by atoms with van der Waals surface area (Å²) in [6.07, 6.45) is 1.03. The van der Waals surface area contributed by atoms with Crippen molar-refractivity contribution in [2.24, 2.45) is 5.92 Å². The molecule has 0 radical (unpaired) electrons. The maximum absolute atomic E-state index is 12.7. The molecule has 1 saturated heterocycles. The normalized spacial score (nSPS) is 20.2. The predicted molar refractivity (Wildman–Crippen MR) is 79.8 cm³/mol. The average molecular weight is 378 g/mol. The SMILES string of the molecule is COc1ccc(Br)cc1S(=O)(=O)N1CCC[C@@H](C(=O)O)C1. The molecule has 1 N–H and O–H groups in total. The highest BCUT2D eigenvalue weighted by Gasteiger charge is 2.34. The maximum Gasteiger partial charge on any atom is 0.307 e. The van der Waals surface area contributed by atoms with Gasteiger partial charge in [0.2, 0.25) is 10.0 Å². The van der Waals surface area contributed by atoms with E-state index in [0.717, 1.165) is 0 Å². The van der Waals surface area contributed by atoms with Gasteiger partial charge in [0.25, 0.3) is 0 Å². The minimum Gasteiger partial charge on any atom is -0.495 e. The Balaban J connectivity index is 2.38. The van der Waals surface area contributed by atoms with Crippen LogP contribution in [0.25, 0.3) is 0 Å². The summed E-state index contributed by atoms with van der Waals surface area (Å²) in [4.78, 5) is 11.1. The summed E-state index contributed by atoms with van der Waals surface area (Å²) in [5, 5.41) is 9.08. The highest BCUT2D eigenvalue weighted by Crippen LogP contribution is 2.31. The van der Waals surface area contributed by atoms with Crippen molar-refractivity contribution < 1.29 is 23.1 Å². The third-order valence-electron chi connectivity index (χ3n) is 3.48. The van der Waals surface area contributed by atoms with Crippen molar-refractivity contribution in [2.45, 2.75) is 17.7 Å². The van der Waals surface area contributed by atoms with Crippen LogP contribution in [0.4, 0.5) is 0 Å². The van der Waals surface area contributed by atoms with E-state index >= 15 is 0 Å². The molecule has 0 aromatic heterocycles. The number of methoxy groups -OCH3 is 1. The Bertz CT molecular complexity index is 646. The monoisotopic (exact) mass is 377 g/mol. The van der Waals surface area contributed by atoms with E-state index in [1.165, 1.54) is 17.5 Å². The lowest BCUT2D eigenvalue weighted by Gasteiger charge is -2.30. The molecular weight excluding hydrogens is 362 g/mol. The number of carboxylic acids is 1. The molecule has 1 heterocycles. The topological polar surface area (TPSA) is 83.9 Å². The van der Waals surface area contributed by atoms with Crippen LogP contribution >= 0.6 is 15.9 Å². The number of rotatable bonds is 4. The fourth-order valence-electron chi connectivity index (χ4n) is 2.35. The number of hydrogen-bond donors (Lipinski definition) is 1. The largest absolute Gasteiger partial charge is 0.495 e. The minimum absolute atomic E-state index is 0.00661. The molecule has 6 nitrogen and oxygen atoms in total. The highest BCUT2D eigenvalue weighted by atomic mass is 79.9. The molecule has 1 aromatic carbocycles. The van der Waals surface area contributed by atoms with Gasteiger partial charge in [0.15, 0.2) is 0 Å². The molecule has 1 aliphatic rings. The number of sulfonamides is 1. The van der Waals surface area contributed by atoms with E-state index in [4.69, 9.17) is 9.84 Å². The van der Waals surface area contributed by atoms with Gasteiger partial charge in [0.1, 0.15) is 10.6 Å². The predicted octanol–water partition coefficient (Wildman–Crippen LogP) is 1.94. The van der Waals surface area contributed by atoms with Gasteiger partial charge in [-0.3, -0.25) is 4.79 Å². The Kier molecular flexibility index (Phi) is 4.90. The van der Waals surface area contributed by atoms with Crippen molar-refractivity contribution >= 4 is 31.9 Å². The summed E-state index contributed by atoms with van der Waals surface area (Å²) < 4.78 is 32.4. The molecule has 0 saturated carbocycles. The Morgan fingerprint density at radius 2 is 2.19 bits per heavy atom. The molecule has 0 aliphatic carbocycles. The number of halogens is 1. The van der Waals surface area contributed by atoms with Crippen LogP contribution in [0, 0.1) is 5.92 Å². The summed E-state index contributed by atoms with van der Waals surface area (Å²) in [6.45, 7) is 0.315. The average Bonchev–Trinajstić information content (AvgIpc) is 2.47. The molecule has 0 bridgehead atoms. The molecule has 8 heteroatoms. The lowest BCUT2D eigenvalue weighted by molar-refractivity contribution is -0.142. The van der Waals surface area contributed by atoms with Gasteiger partial charge in [-0.25, -0.2) is 8.42 Å². The van der Waals surface area contributed by atoms with Gasteiger partial charge in [-0.15, -0.1) is 0 Å². The van der Waals surface area contributed by atoms with Crippen molar-refractivity contribution in [1.29, 1.82) is 0 Å². The first-order valence-corrected chi connectivity index (χ1v) is 8.66. The number of nitrogens with zero attached hydrogens (tertiary/aromatic N) is 1. The van der Waals surface area contributed by atoms with Crippen molar-refractivity contribution in [3.63, 3.8) is 0 Å². The van der Waals surface area contributed by atoms with Crippen LogP contribution in [0.2, 0.25) is 0 Å². The van der Waals surface area contributed by atoms with Crippen molar-refractivity contribution in [3.05, 3.63) is 22.7 Å². The van der Waals surface area contributed by atoms with Gasteiger partial charge >= 0.3 is 5.97 Å². The van der Waals surface area contributed by atoms with Gasteiger partial charge < -0.3 is 9.84 Å². The first-order valence-electron chi connectivity index (χ1n) is 6.42. The van der Waals surface area contributed by atoms with E-state index in [1.54, 1.807) is 12.1 Å². The molecule has 0 unspecified atom stereocenters. The van der Waals surface area contributed by atoms with Gasteiger partial charge in [0, 0.05) is 17.6 Å². The second kappa shape index (κ2) is 6.33. The zero-order valence-electron chi connectivity index (χ0n) is 11.5. The molecule has 1 aromatic rings. The van der Waals surface area contributed by atoms with Crippen molar-refractivity contribution in [1.82, 2.24) is 4.31 Å². The minimum atomic E-state index is -3.78. The third kappa shape index (κ3) is 3.38. The summed E-state index contributed by atoms with van der Waals surface area (Å²) in [5.41, 5.74) is 0. The number of carboxylic acid groups (broad SMARTS) is 1. The van der Waals surface area contributed by atoms with Crippen LogP contribution in [0.1, 0.15) is 12.8 Å². The first kappa shape index (κ1) is 16.3. The van der Waals surface area contributed by atoms with E-state index in [0.29, 0.717) is 23.9 Å². The smallest absolute Gasteiger partial charge is 0.307 e. The van der Waals surface area contributed by atoms with Crippen LogP contribution in [-0.2, 0) is 14.8 Å². The summed E-state index contributed by atoms with van der Waals surface area (Å²) in [7, 11) is -2.38. The summed E-state index contributed by atoms with van der Waals surface area (Å²) >= 11 is 3.24. The Morgan fingerprint density at radius 3 is 2.81 bits per heavy atom. The van der Waals surface area contributed by atoms with E-state index in [1.807, 2.05) is 0 Å². The van der Waals surface area contributed by atoms with Crippen LogP contribution in [-0.4, -0.2) is 44.0 Å². The van der Waals surface area contributed by atoms with Gasteiger partial charge in [-0.1, -0.05) is 15.9 Å². The summed E-state index contributed by atoms with van der Waals surface area (Å²) in [5.74, 6) is -1.38. The molecule has 21 heavy (non-hydrogen) atoms. The molecule has 0 spiro atoms. The Morgan fingerprint density at radius 1 is 1.48 bits per heavy atom. The molecule has 1 atom stereocenters.